The number of nitrogens with zero attached hydrogens (tertiary/aromatic N) is 1. The first-order chi connectivity index (χ1) is 17.4. The molecule has 0 saturated carbocycles. The predicted molar refractivity (Wildman–Crippen MR) is 140 cm³/mol. The summed E-state index contributed by atoms with van der Waals surface area (Å²) in [6.45, 7) is 0. The fraction of sp³-hybridized carbons (Fsp3) is 0.115. The van der Waals surface area contributed by atoms with Crippen molar-refractivity contribution in [1.82, 2.24) is 4.98 Å². The summed E-state index contributed by atoms with van der Waals surface area (Å²) < 4.78 is 16.1. The number of hydrogen-bond donors (Lipinski definition) is 1. The van der Waals surface area contributed by atoms with Gasteiger partial charge in [-0.2, -0.15) is 0 Å². The number of thiazole rings is 1. The molecule has 10 heteroatoms. The lowest BCUT2D eigenvalue weighted by molar-refractivity contribution is -0.125. The maximum Gasteiger partial charge on any atom is 0.339 e. The van der Waals surface area contributed by atoms with Crippen molar-refractivity contribution in [1.29, 1.82) is 0 Å². The molecule has 1 N–H and O–H groups in total. The van der Waals surface area contributed by atoms with Crippen LogP contribution in [-0.4, -0.2) is 31.1 Å². The number of esters is 1. The fourth-order valence-corrected chi connectivity index (χ4v) is 4.31. The number of nitrogens with one attached hydrogen (secondary N) is 1. The van der Waals surface area contributed by atoms with E-state index in [0.717, 1.165) is 5.56 Å². The number of anilines is 1. The van der Waals surface area contributed by atoms with Crippen molar-refractivity contribution in [2.24, 2.45) is 0 Å². The van der Waals surface area contributed by atoms with Gasteiger partial charge in [-0.3, -0.25) is 10.1 Å². The maximum atomic E-state index is 13.3. The predicted octanol–water partition coefficient (Wildman–Crippen LogP) is 6.67. The summed E-state index contributed by atoms with van der Waals surface area (Å²) in [6.07, 6.45) is -1.23. The van der Waals surface area contributed by atoms with E-state index in [-0.39, 0.29) is 5.56 Å². The number of amides is 1. The second kappa shape index (κ2) is 11.4. The van der Waals surface area contributed by atoms with Crippen LogP contribution in [0.25, 0.3) is 11.3 Å². The average molecular weight is 543 g/mol. The molecular weight excluding hydrogens is 523 g/mol. The highest BCUT2D eigenvalue weighted by Crippen LogP contribution is 2.31. The van der Waals surface area contributed by atoms with Crippen LogP contribution in [0, 0.1) is 0 Å². The summed E-state index contributed by atoms with van der Waals surface area (Å²) in [7, 11) is 2.95. The van der Waals surface area contributed by atoms with Crippen LogP contribution in [0.1, 0.15) is 22.0 Å². The quantitative estimate of drug-likeness (QED) is 0.250. The number of hydrogen-bond acceptors (Lipinski definition) is 7. The molecule has 1 aromatic heterocycles. The van der Waals surface area contributed by atoms with Crippen molar-refractivity contribution in [3.8, 4) is 22.8 Å². The van der Waals surface area contributed by atoms with Crippen molar-refractivity contribution in [2.75, 3.05) is 19.5 Å². The first-order valence-corrected chi connectivity index (χ1v) is 12.2. The summed E-state index contributed by atoms with van der Waals surface area (Å²) >= 11 is 13.3. The standard InChI is InChI=1S/C26H20Cl2N2O5S/c1-33-18-10-17(11-19(13-18)34-2)25(32)35-23(15-6-4-3-5-7-15)24(31)30-26-29-22(14-36-26)16-8-9-20(27)21(28)12-16/h3-14,23H,1-2H3,(H,29,30,31)/t23-/m0/s1. The van der Waals surface area contributed by atoms with E-state index in [1.807, 2.05) is 0 Å². The molecule has 0 spiro atoms. The topological polar surface area (TPSA) is 86.8 Å². The van der Waals surface area contributed by atoms with Gasteiger partial charge in [-0.05, 0) is 24.3 Å². The average Bonchev–Trinajstić information content (AvgIpc) is 3.37. The smallest absolute Gasteiger partial charge is 0.339 e. The van der Waals surface area contributed by atoms with Gasteiger partial charge in [0.2, 0.25) is 6.10 Å². The number of aromatic nitrogens is 1. The largest absolute Gasteiger partial charge is 0.497 e. The van der Waals surface area contributed by atoms with Crippen molar-refractivity contribution >= 4 is 51.5 Å². The molecule has 0 aliphatic rings. The minimum atomic E-state index is -1.23. The molecule has 4 aromatic rings. The minimum absolute atomic E-state index is 0.177. The number of ether oxygens (including phenoxy) is 3. The zero-order valence-corrected chi connectivity index (χ0v) is 21.5. The lowest BCUT2D eigenvalue weighted by Gasteiger charge is -2.18. The molecule has 3 aromatic carbocycles. The lowest BCUT2D eigenvalue weighted by Crippen LogP contribution is -2.26. The normalized spacial score (nSPS) is 11.4. The Labute approximate surface area is 221 Å². The van der Waals surface area contributed by atoms with Gasteiger partial charge in [-0.1, -0.05) is 59.6 Å². The zero-order chi connectivity index (χ0) is 25.7. The van der Waals surface area contributed by atoms with Gasteiger partial charge in [-0.25, -0.2) is 9.78 Å². The Kier molecular flexibility index (Phi) is 8.10. The zero-order valence-electron chi connectivity index (χ0n) is 19.2. The molecule has 1 atom stereocenters. The van der Waals surface area contributed by atoms with Gasteiger partial charge in [0.25, 0.3) is 5.91 Å². The Hall–Kier alpha value is -3.59. The SMILES string of the molecule is COc1cc(OC)cc(C(=O)O[C@H](C(=O)Nc2nc(-c3ccc(Cl)c(Cl)c3)cs2)c2ccccc2)c1. The van der Waals surface area contributed by atoms with E-state index >= 15 is 0 Å². The third-order valence-corrected chi connectivity index (χ3v) is 6.60. The van der Waals surface area contributed by atoms with E-state index in [1.54, 1.807) is 60.0 Å². The maximum absolute atomic E-state index is 13.3. The lowest BCUT2D eigenvalue weighted by atomic mass is 10.1. The molecule has 36 heavy (non-hydrogen) atoms. The third-order valence-electron chi connectivity index (χ3n) is 5.10. The van der Waals surface area contributed by atoms with Crippen LogP contribution in [0.15, 0.2) is 72.1 Å². The molecule has 0 saturated heterocycles. The molecule has 0 aliphatic heterocycles. The molecule has 0 radical (unpaired) electrons. The van der Waals surface area contributed by atoms with E-state index in [0.29, 0.717) is 37.9 Å². The van der Waals surface area contributed by atoms with Crippen molar-refractivity contribution < 1.29 is 23.8 Å². The Morgan fingerprint density at radius 1 is 0.917 bits per heavy atom. The van der Waals surface area contributed by atoms with Gasteiger partial charge in [0, 0.05) is 22.6 Å². The summed E-state index contributed by atoms with van der Waals surface area (Å²) in [5, 5.41) is 5.69. The number of rotatable bonds is 8. The van der Waals surface area contributed by atoms with E-state index in [2.05, 4.69) is 10.3 Å². The summed E-state index contributed by atoms with van der Waals surface area (Å²) in [4.78, 5) is 30.7. The highest BCUT2D eigenvalue weighted by atomic mass is 35.5. The molecule has 4 rings (SSSR count). The minimum Gasteiger partial charge on any atom is -0.497 e. The van der Waals surface area contributed by atoms with E-state index in [1.165, 1.54) is 37.7 Å². The summed E-state index contributed by atoms with van der Waals surface area (Å²) in [6, 6.07) is 18.5. The van der Waals surface area contributed by atoms with Crippen LogP contribution < -0.4 is 14.8 Å². The van der Waals surface area contributed by atoms with E-state index < -0.39 is 18.0 Å². The van der Waals surface area contributed by atoms with Gasteiger partial charge < -0.3 is 14.2 Å². The first kappa shape index (κ1) is 25.5. The third kappa shape index (κ3) is 5.96. The molecule has 0 unspecified atom stereocenters. The number of methoxy groups -OCH3 is 2. The highest BCUT2D eigenvalue weighted by Gasteiger charge is 2.27. The van der Waals surface area contributed by atoms with Crippen molar-refractivity contribution in [2.45, 2.75) is 6.10 Å². The van der Waals surface area contributed by atoms with Gasteiger partial charge in [0.05, 0.1) is 35.5 Å². The van der Waals surface area contributed by atoms with Crippen LogP contribution in [0.3, 0.4) is 0 Å². The number of benzene rings is 3. The second-order valence-corrected chi connectivity index (χ2v) is 9.13. The molecule has 0 bridgehead atoms. The molecule has 184 valence electrons. The van der Waals surface area contributed by atoms with Gasteiger partial charge >= 0.3 is 5.97 Å². The Morgan fingerprint density at radius 3 is 2.25 bits per heavy atom. The van der Waals surface area contributed by atoms with Crippen LogP contribution in [0.4, 0.5) is 5.13 Å². The molecule has 1 amide bonds. The molecule has 0 aliphatic carbocycles. The van der Waals surface area contributed by atoms with Crippen molar-refractivity contribution in [3.63, 3.8) is 0 Å². The molecule has 1 heterocycles. The Bertz CT molecular complexity index is 1370. The summed E-state index contributed by atoms with van der Waals surface area (Å²) in [5.41, 5.74) is 2.04. The molecule has 7 nitrogen and oxygen atoms in total. The summed E-state index contributed by atoms with van der Waals surface area (Å²) in [5.74, 6) is -0.439. The van der Waals surface area contributed by atoms with Crippen LogP contribution >= 0.6 is 34.5 Å². The fourth-order valence-electron chi connectivity index (χ4n) is 3.29. The van der Waals surface area contributed by atoms with E-state index in [9.17, 15) is 9.59 Å². The van der Waals surface area contributed by atoms with Gasteiger partial charge in [0.15, 0.2) is 5.13 Å². The monoisotopic (exact) mass is 542 g/mol. The number of carbonyl (C=O) groups excluding carboxylic acids is 2. The highest BCUT2D eigenvalue weighted by molar-refractivity contribution is 7.14. The van der Waals surface area contributed by atoms with Crippen LogP contribution in [0.5, 0.6) is 11.5 Å². The first-order valence-electron chi connectivity index (χ1n) is 10.6. The second-order valence-electron chi connectivity index (χ2n) is 7.45. The van der Waals surface area contributed by atoms with Gasteiger partial charge in [-0.15, -0.1) is 11.3 Å². The Balaban J connectivity index is 1.57. The van der Waals surface area contributed by atoms with Crippen LogP contribution in [-0.2, 0) is 9.53 Å². The molecule has 0 fully saturated rings. The Morgan fingerprint density at radius 2 is 1.61 bits per heavy atom. The van der Waals surface area contributed by atoms with Crippen LogP contribution in [0.2, 0.25) is 10.0 Å². The number of carbonyl (C=O) groups is 2. The van der Waals surface area contributed by atoms with Crippen molar-refractivity contribution in [3.05, 3.63) is 93.3 Å². The number of halogens is 2. The van der Waals surface area contributed by atoms with Gasteiger partial charge in [0.1, 0.15) is 11.5 Å². The van der Waals surface area contributed by atoms with E-state index in [4.69, 9.17) is 37.4 Å². The molecular formula is C26H20Cl2N2O5S.